The molecule has 0 N–H and O–H groups in total. The molecule has 0 bridgehead atoms. The third kappa shape index (κ3) is 2.03. The molecule has 0 aromatic rings. The molecule has 0 aliphatic carbocycles. The second-order valence-electron chi connectivity index (χ2n) is 3.81. The maximum Gasteiger partial charge on any atom is 0.109 e. The van der Waals surface area contributed by atoms with Crippen LogP contribution in [0, 0.1) is 5.92 Å². The summed E-state index contributed by atoms with van der Waals surface area (Å²) in [4.78, 5) is 0. The van der Waals surface area contributed by atoms with Crippen LogP contribution in [0.1, 0.15) is 20.8 Å². The monoisotopic (exact) mass is 188 g/mol. The van der Waals surface area contributed by atoms with Gasteiger partial charge in [-0.25, -0.2) is 0 Å². The van der Waals surface area contributed by atoms with Gasteiger partial charge in [0.25, 0.3) is 0 Å². The van der Waals surface area contributed by atoms with Gasteiger partial charge in [-0.05, 0) is 13.8 Å². The van der Waals surface area contributed by atoms with Crippen LogP contribution in [0.5, 0.6) is 0 Å². The molecular weight excluding hydrogens is 168 g/mol. The molecule has 0 amide bonds. The molecule has 2 unspecified atom stereocenters. The highest BCUT2D eigenvalue weighted by molar-refractivity contribution is 4.88. The lowest BCUT2D eigenvalue weighted by Gasteiger charge is -2.42. The van der Waals surface area contributed by atoms with Crippen molar-refractivity contribution in [1.29, 1.82) is 0 Å². The van der Waals surface area contributed by atoms with Crippen molar-refractivity contribution < 1.29 is 14.2 Å². The molecule has 0 aromatic carbocycles. The van der Waals surface area contributed by atoms with Crippen LogP contribution < -0.4 is 0 Å². The Bertz CT molecular complexity index is 160. The van der Waals surface area contributed by atoms with E-state index in [-0.39, 0.29) is 24.4 Å². The Morgan fingerprint density at radius 1 is 0.846 bits per heavy atom. The SMILES string of the molecule is COC1C(OC)[C@H](C)[C@H](C)O[C@@H]1C. The standard InChI is InChI=1S/C10H20O3/c1-6-7(2)13-8(3)10(12-5)9(6)11-4/h6-10H,1-5H3/t6-,7+,8-,9?,10?/m1/s1. The van der Waals surface area contributed by atoms with E-state index in [0.29, 0.717) is 5.92 Å². The van der Waals surface area contributed by atoms with E-state index >= 15 is 0 Å². The molecule has 1 aliphatic heterocycles. The van der Waals surface area contributed by atoms with Crippen LogP contribution in [0.3, 0.4) is 0 Å². The van der Waals surface area contributed by atoms with E-state index in [1.807, 2.05) is 6.92 Å². The highest BCUT2D eigenvalue weighted by atomic mass is 16.6. The normalized spacial score (nSPS) is 46.4. The Morgan fingerprint density at radius 2 is 1.38 bits per heavy atom. The zero-order chi connectivity index (χ0) is 10.0. The van der Waals surface area contributed by atoms with Crippen LogP contribution in [-0.2, 0) is 14.2 Å². The van der Waals surface area contributed by atoms with Gasteiger partial charge in [0.1, 0.15) is 6.10 Å². The molecule has 0 spiro atoms. The molecule has 1 rings (SSSR count). The summed E-state index contributed by atoms with van der Waals surface area (Å²) in [5, 5.41) is 0. The minimum absolute atomic E-state index is 0.0520. The second kappa shape index (κ2) is 4.40. The molecule has 0 radical (unpaired) electrons. The molecule has 13 heavy (non-hydrogen) atoms. The predicted molar refractivity (Wildman–Crippen MR) is 50.8 cm³/mol. The smallest absolute Gasteiger partial charge is 0.109 e. The van der Waals surface area contributed by atoms with Crippen molar-refractivity contribution in [1.82, 2.24) is 0 Å². The minimum Gasteiger partial charge on any atom is -0.378 e. The van der Waals surface area contributed by atoms with Gasteiger partial charge in [-0.2, -0.15) is 0 Å². The first kappa shape index (κ1) is 11.0. The van der Waals surface area contributed by atoms with Crippen LogP contribution >= 0.6 is 0 Å². The Kier molecular flexibility index (Phi) is 3.71. The predicted octanol–water partition coefficient (Wildman–Crippen LogP) is 1.46. The lowest BCUT2D eigenvalue weighted by atomic mass is 9.89. The van der Waals surface area contributed by atoms with Crippen LogP contribution in [0.25, 0.3) is 0 Å². The van der Waals surface area contributed by atoms with Gasteiger partial charge in [-0.3, -0.25) is 0 Å². The fraction of sp³-hybridized carbons (Fsp3) is 1.00. The van der Waals surface area contributed by atoms with Crippen molar-refractivity contribution in [3.8, 4) is 0 Å². The molecular formula is C10H20O3. The Labute approximate surface area is 80.4 Å². The largest absolute Gasteiger partial charge is 0.378 e. The average Bonchev–Trinajstić information content (AvgIpc) is 2.10. The van der Waals surface area contributed by atoms with E-state index in [4.69, 9.17) is 14.2 Å². The number of hydrogen-bond acceptors (Lipinski definition) is 3. The van der Waals surface area contributed by atoms with Crippen LogP contribution in [0.15, 0.2) is 0 Å². The Hall–Kier alpha value is -0.120. The summed E-state index contributed by atoms with van der Waals surface area (Å²) in [6.45, 7) is 6.25. The number of rotatable bonds is 2. The van der Waals surface area contributed by atoms with Crippen LogP contribution in [0.2, 0.25) is 0 Å². The summed E-state index contributed by atoms with van der Waals surface area (Å²) in [5.74, 6) is 0.381. The van der Waals surface area contributed by atoms with E-state index in [9.17, 15) is 0 Å². The second-order valence-corrected chi connectivity index (χ2v) is 3.81. The Balaban J connectivity index is 2.71. The van der Waals surface area contributed by atoms with Gasteiger partial charge >= 0.3 is 0 Å². The summed E-state index contributed by atoms with van der Waals surface area (Å²) in [7, 11) is 3.44. The lowest BCUT2D eigenvalue weighted by Crippen LogP contribution is -2.53. The topological polar surface area (TPSA) is 27.7 Å². The van der Waals surface area contributed by atoms with Gasteiger partial charge in [0.05, 0.1) is 18.3 Å². The highest BCUT2D eigenvalue weighted by Gasteiger charge is 2.40. The molecule has 1 heterocycles. The summed E-state index contributed by atoms with van der Waals surface area (Å²) >= 11 is 0. The summed E-state index contributed by atoms with van der Waals surface area (Å²) in [6.07, 6.45) is 0.549. The quantitative estimate of drug-likeness (QED) is 0.656. The molecule has 5 atom stereocenters. The Morgan fingerprint density at radius 3 is 1.85 bits per heavy atom. The van der Waals surface area contributed by atoms with Gasteiger partial charge in [0.15, 0.2) is 0 Å². The first-order valence-corrected chi connectivity index (χ1v) is 4.82. The molecule has 0 saturated carbocycles. The first-order chi connectivity index (χ1) is 6.11. The van der Waals surface area contributed by atoms with Gasteiger partial charge in [0.2, 0.25) is 0 Å². The fourth-order valence-electron chi connectivity index (χ4n) is 2.05. The van der Waals surface area contributed by atoms with E-state index in [0.717, 1.165) is 0 Å². The molecule has 78 valence electrons. The van der Waals surface area contributed by atoms with Gasteiger partial charge in [-0.1, -0.05) is 6.92 Å². The molecule has 0 aromatic heterocycles. The number of hydrogen-bond donors (Lipinski definition) is 0. The van der Waals surface area contributed by atoms with E-state index in [1.54, 1.807) is 14.2 Å². The maximum atomic E-state index is 5.73. The fourth-order valence-corrected chi connectivity index (χ4v) is 2.05. The van der Waals surface area contributed by atoms with Crippen molar-refractivity contribution in [3.63, 3.8) is 0 Å². The highest BCUT2D eigenvalue weighted by Crippen LogP contribution is 2.28. The lowest BCUT2D eigenvalue weighted by molar-refractivity contribution is -0.202. The van der Waals surface area contributed by atoms with Gasteiger partial charge < -0.3 is 14.2 Å². The average molecular weight is 188 g/mol. The number of methoxy groups -OCH3 is 2. The van der Waals surface area contributed by atoms with Crippen molar-refractivity contribution >= 4 is 0 Å². The van der Waals surface area contributed by atoms with Crippen molar-refractivity contribution in [2.75, 3.05) is 14.2 Å². The molecule has 1 aliphatic rings. The first-order valence-electron chi connectivity index (χ1n) is 4.82. The van der Waals surface area contributed by atoms with Crippen molar-refractivity contribution in [2.24, 2.45) is 5.92 Å². The third-order valence-electron chi connectivity index (χ3n) is 3.02. The zero-order valence-corrected chi connectivity index (χ0v) is 9.11. The summed E-state index contributed by atoms with van der Waals surface area (Å²) < 4.78 is 16.5. The maximum absolute atomic E-state index is 5.73. The van der Waals surface area contributed by atoms with Crippen molar-refractivity contribution in [2.45, 2.75) is 45.2 Å². The summed E-state index contributed by atoms with van der Waals surface area (Å²) in [5.41, 5.74) is 0. The van der Waals surface area contributed by atoms with Crippen LogP contribution in [0.4, 0.5) is 0 Å². The van der Waals surface area contributed by atoms with Gasteiger partial charge in [0, 0.05) is 20.1 Å². The van der Waals surface area contributed by atoms with E-state index in [2.05, 4.69) is 13.8 Å². The molecule has 3 heteroatoms. The third-order valence-corrected chi connectivity index (χ3v) is 3.02. The van der Waals surface area contributed by atoms with E-state index in [1.165, 1.54) is 0 Å². The van der Waals surface area contributed by atoms with Crippen molar-refractivity contribution in [3.05, 3.63) is 0 Å². The van der Waals surface area contributed by atoms with Gasteiger partial charge in [-0.15, -0.1) is 0 Å². The zero-order valence-electron chi connectivity index (χ0n) is 9.11. The molecule has 3 nitrogen and oxygen atoms in total. The van der Waals surface area contributed by atoms with E-state index < -0.39 is 0 Å². The van der Waals surface area contributed by atoms with Crippen LogP contribution in [-0.4, -0.2) is 38.6 Å². The molecule has 1 saturated heterocycles. The summed E-state index contributed by atoms with van der Waals surface area (Å²) in [6, 6.07) is 0. The number of ether oxygens (including phenoxy) is 3. The minimum atomic E-state index is 0.0520. The molecule has 1 fully saturated rings.